The van der Waals surface area contributed by atoms with Gasteiger partial charge in [0.05, 0.1) is 22.1 Å². The Kier molecular flexibility index (Phi) is 5.78. The molecule has 11 aromatic rings. The first kappa shape index (κ1) is 31.3. The summed E-state index contributed by atoms with van der Waals surface area (Å²) in [5.74, 6) is 3.48. The van der Waals surface area contributed by atoms with Gasteiger partial charge in [-0.2, -0.15) is 0 Å². The second kappa shape index (κ2) is 11.1. The zero-order chi connectivity index (χ0) is 38.8. The highest BCUT2D eigenvalue weighted by atomic mass is 16.5. The van der Waals surface area contributed by atoms with Crippen LogP contribution in [0.25, 0.3) is 77.2 Å². The van der Waals surface area contributed by atoms with Crippen molar-refractivity contribution >= 4 is 89.8 Å². The third-order valence-corrected chi connectivity index (χ3v) is 13.8. The first-order valence-corrected chi connectivity index (χ1v) is 20.8. The minimum absolute atomic E-state index is 0.0402. The fraction of sp³-hybridized carbons (Fsp3) is 0. The van der Waals surface area contributed by atoms with E-state index >= 15 is 0 Å². The Morgan fingerprint density at radius 3 is 1.25 bits per heavy atom. The van der Waals surface area contributed by atoms with Crippen molar-refractivity contribution in [2.24, 2.45) is 0 Å². The monoisotopic (exact) mass is 760 g/mol. The number of rotatable bonds is 2. The van der Waals surface area contributed by atoms with Crippen LogP contribution in [0.3, 0.4) is 0 Å². The molecule has 0 spiro atoms. The van der Waals surface area contributed by atoms with Gasteiger partial charge in [0.25, 0.3) is 13.4 Å². The van der Waals surface area contributed by atoms with Gasteiger partial charge < -0.3 is 18.6 Å². The van der Waals surface area contributed by atoms with Crippen LogP contribution in [0, 0.1) is 0 Å². The average Bonchev–Trinajstić information content (AvgIpc) is 3.85. The molecule has 6 heteroatoms. The molecular weight excluding hydrogens is 730 g/mol. The molecule has 0 saturated heterocycles. The molecule has 0 aliphatic carbocycles. The highest BCUT2D eigenvalue weighted by Gasteiger charge is 2.46. The highest BCUT2D eigenvalue weighted by molar-refractivity contribution is 7.02. The van der Waals surface area contributed by atoms with Crippen molar-refractivity contribution in [3.63, 3.8) is 0 Å². The van der Waals surface area contributed by atoms with Crippen LogP contribution >= 0.6 is 0 Å². The number of benzene rings is 9. The van der Waals surface area contributed by atoms with E-state index in [0.717, 1.165) is 23.0 Å². The lowest BCUT2D eigenvalue weighted by Gasteiger charge is -2.37. The fourth-order valence-electron chi connectivity index (χ4n) is 11.5. The number of nitrogens with zero attached hydrogens (tertiary/aromatic N) is 2. The van der Waals surface area contributed by atoms with Crippen molar-refractivity contribution in [1.82, 2.24) is 9.13 Å². The van der Waals surface area contributed by atoms with Crippen molar-refractivity contribution in [2.75, 3.05) is 0 Å². The Labute approximate surface area is 345 Å². The topological polar surface area (TPSA) is 28.3 Å². The highest BCUT2D eigenvalue weighted by Crippen LogP contribution is 2.47. The van der Waals surface area contributed by atoms with Gasteiger partial charge in [-0.15, -0.1) is 0 Å². The Morgan fingerprint density at radius 1 is 0.350 bits per heavy atom. The molecule has 0 unspecified atom stereocenters. The SMILES string of the molecule is c1ccc(-c2cc3c4c5c2c2ccccc2n5-c2ccccc2B4c2cc4c(cc2O3)Oc2cc(-c3ccccc3)c3c5ccccc5n5c3c2B4c2ccccc2-5)cc1. The first-order valence-electron chi connectivity index (χ1n) is 20.8. The number of para-hydroxylation sites is 4. The van der Waals surface area contributed by atoms with Crippen LogP contribution in [-0.2, 0) is 0 Å². The molecule has 6 heterocycles. The summed E-state index contributed by atoms with van der Waals surface area (Å²) in [6.45, 7) is -0.0805. The number of hydrogen-bond acceptors (Lipinski definition) is 2. The molecule has 15 rings (SSSR count). The Balaban J connectivity index is 1.04. The van der Waals surface area contributed by atoms with Crippen molar-refractivity contribution in [3.05, 3.63) is 182 Å². The Bertz CT molecular complexity index is 3490. The smallest absolute Gasteiger partial charge is 0.256 e. The van der Waals surface area contributed by atoms with Gasteiger partial charge in [0.1, 0.15) is 23.0 Å². The molecule has 0 radical (unpaired) electrons. The maximum atomic E-state index is 7.23. The minimum atomic E-state index is -0.0402. The molecule has 4 nitrogen and oxygen atoms in total. The number of ether oxygens (including phenoxy) is 2. The fourth-order valence-corrected chi connectivity index (χ4v) is 11.5. The van der Waals surface area contributed by atoms with Crippen LogP contribution in [0.15, 0.2) is 182 Å². The maximum absolute atomic E-state index is 7.23. The van der Waals surface area contributed by atoms with Gasteiger partial charge in [-0.3, -0.25) is 0 Å². The van der Waals surface area contributed by atoms with Gasteiger partial charge in [-0.25, -0.2) is 0 Å². The summed E-state index contributed by atoms with van der Waals surface area (Å²) in [5, 5.41) is 5.03. The third kappa shape index (κ3) is 3.76. The van der Waals surface area contributed by atoms with Gasteiger partial charge in [-0.1, -0.05) is 140 Å². The van der Waals surface area contributed by atoms with E-state index in [2.05, 4.69) is 191 Å². The van der Waals surface area contributed by atoms with Crippen molar-refractivity contribution < 1.29 is 9.47 Å². The van der Waals surface area contributed by atoms with Crippen LogP contribution in [0.5, 0.6) is 23.0 Å². The summed E-state index contributed by atoms with van der Waals surface area (Å²) >= 11 is 0. The maximum Gasteiger partial charge on any atom is 0.256 e. The molecule has 60 heavy (non-hydrogen) atoms. The van der Waals surface area contributed by atoms with Gasteiger partial charge >= 0.3 is 0 Å². The molecule has 0 fully saturated rings. The van der Waals surface area contributed by atoms with E-state index < -0.39 is 0 Å². The Hall–Kier alpha value is -7.69. The predicted molar refractivity (Wildman–Crippen MR) is 248 cm³/mol. The van der Waals surface area contributed by atoms with Crippen LogP contribution in [0.4, 0.5) is 0 Å². The normalized spacial score (nSPS) is 13.5. The van der Waals surface area contributed by atoms with E-state index in [1.807, 2.05) is 0 Å². The van der Waals surface area contributed by atoms with Crippen LogP contribution in [0.2, 0.25) is 0 Å². The average molecular weight is 760 g/mol. The molecule has 0 amide bonds. The van der Waals surface area contributed by atoms with Crippen LogP contribution in [0.1, 0.15) is 0 Å². The Morgan fingerprint density at radius 2 is 0.767 bits per heavy atom. The van der Waals surface area contributed by atoms with E-state index in [9.17, 15) is 0 Å². The summed E-state index contributed by atoms with van der Waals surface area (Å²) in [5.41, 5.74) is 19.4. The summed E-state index contributed by atoms with van der Waals surface area (Å²) in [7, 11) is 0. The lowest BCUT2D eigenvalue weighted by molar-refractivity contribution is 0.466. The molecule has 2 aromatic heterocycles. The van der Waals surface area contributed by atoms with Crippen molar-refractivity contribution in [1.29, 1.82) is 0 Å². The van der Waals surface area contributed by atoms with Gasteiger partial charge in [0.2, 0.25) is 0 Å². The minimum Gasteiger partial charge on any atom is -0.458 e. The summed E-state index contributed by atoms with van der Waals surface area (Å²) in [6, 6.07) is 66.4. The largest absolute Gasteiger partial charge is 0.458 e. The second-order valence-electron chi connectivity index (χ2n) is 16.7. The predicted octanol–water partition coefficient (Wildman–Crippen LogP) is 9.09. The molecule has 0 saturated carbocycles. The molecule has 9 aromatic carbocycles. The third-order valence-electron chi connectivity index (χ3n) is 13.8. The van der Waals surface area contributed by atoms with Crippen LogP contribution < -0.4 is 42.3 Å². The zero-order valence-electron chi connectivity index (χ0n) is 32.2. The van der Waals surface area contributed by atoms with Gasteiger partial charge in [-0.05, 0) is 91.4 Å². The van der Waals surface area contributed by atoms with E-state index in [1.165, 1.54) is 110 Å². The molecule has 274 valence electrons. The summed E-state index contributed by atoms with van der Waals surface area (Å²) in [4.78, 5) is 0. The standard InChI is InChI=1S/C54H30B2N2O2/c1-3-15-31(16-4-1)35-27-47-51-53-49(35)33-19-7-11-23-41(33)57(53)43-25-13-9-21-37(43)55(51)39-29-40-46(30-45(39)59-47)60-48-28-36(32-17-5-2-6-18-32)50-34-20-8-12-24-42(34)58-44-26-14-10-22-38(44)56(40)52(48)54(50)58/h1-30H. The number of hydrogen-bond donors (Lipinski definition) is 0. The van der Waals surface area contributed by atoms with E-state index in [1.54, 1.807) is 0 Å². The molecule has 4 aliphatic heterocycles. The number of fused-ring (bicyclic) bond motifs is 16. The van der Waals surface area contributed by atoms with Crippen molar-refractivity contribution in [2.45, 2.75) is 0 Å². The van der Waals surface area contributed by atoms with E-state index in [-0.39, 0.29) is 13.4 Å². The summed E-state index contributed by atoms with van der Waals surface area (Å²) < 4.78 is 19.4. The molecular formula is C54H30B2N2O2. The van der Waals surface area contributed by atoms with E-state index in [0.29, 0.717) is 0 Å². The number of aromatic nitrogens is 2. The quantitative estimate of drug-likeness (QED) is 0.165. The zero-order valence-corrected chi connectivity index (χ0v) is 32.2. The molecule has 0 bridgehead atoms. The van der Waals surface area contributed by atoms with Crippen molar-refractivity contribution in [3.8, 4) is 56.6 Å². The van der Waals surface area contributed by atoms with E-state index in [4.69, 9.17) is 9.47 Å². The van der Waals surface area contributed by atoms with Crippen LogP contribution in [-0.4, -0.2) is 22.6 Å². The lowest BCUT2D eigenvalue weighted by Crippen LogP contribution is -2.62. The second-order valence-corrected chi connectivity index (χ2v) is 16.7. The molecule has 0 atom stereocenters. The van der Waals surface area contributed by atoms with Gasteiger partial charge in [0.15, 0.2) is 0 Å². The molecule has 4 aliphatic rings. The summed E-state index contributed by atoms with van der Waals surface area (Å²) in [6.07, 6.45) is 0. The lowest BCUT2D eigenvalue weighted by atomic mass is 9.31. The van der Waals surface area contributed by atoms with Gasteiger partial charge in [0, 0.05) is 39.0 Å². The molecule has 0 N–H and O–H groups in total. The first-order chi connectivity index (χ1) is 29.8.